The lowest BCUT2D eigenvalue weighted by Crippen LogP contribution is -2.00. The number of unbranched alkanes of at least 4 members (excludes halogenated alkanes) is 1. The van der Waals surface area contributed by atoms with Gasteiger partial charge < -0.3 is 0 Å². The normalized spacial score (nSPS) is 17.0. The Morgan fingerprint density at radius 2 is 2.00 bits per heavy atom. The molecule has 0 heteroatoms. The number of hydrogen-bond donors (Lipinski definition) is 0. The minimum Gasteiger partial charge on any atom is -0.103 e. The summed E-state index contributed by atoms with van der Waals surface area (Å²) in [5.74, 6) is 1.81. The zero-order valence-electron chi connectivity index (χ0n) is 10.1. The van der Waals surface area contributed by atoms with E-state index < -0.39 is 0 Å². The van der Waals surface area contributed by atoms with Gasteiger partial charge in [-0.2, -0.15) is 0 Å². The molecule has 16 heavy (non-hydrogen) atoms. The van der Waals surface area contributed by atoms with Crippen molar-refractivity contribution in [2.45, 2.75) is 44.4 Å². The summed E-state index contributed by atoms with van der Waals surface area (Å²) in [4.78, 5) is 0. The Bertz CT molecular complexity index is 308. The van der Waals surface area contributed by atoms with Gasteiger partial charge in [0, 0.05) is 0 Å². The van der Waals surface area contributed by atoms with Crippen LogP contribution in [0.25, 0.3) is 0 Å². The molecular weight excluding hydrogens is 192 g/mol. The number of allylic oxidation sites excluding steroid dienone is 1. The predicted molar refractivity (Wildman–Crippen MR) is 70.6 cm³/mol. The summed E-state index contributed by atoms with van der Waals surface area (Å²) >= 11 is 0. The second-order valence-electron chi connectivity index (χ2n) is 5.01. The van der Waals surface area contributed by atoms with Crippen molar-refractivity contribution in [1.82, 2.24) is 0 Å². The van der Waals surface area contributed by atoms with Crippen LogP contribution in [-0.4, -0.2) is 0 Å². The molecule has 0 bridgehead atoms. The molecule has 0 saturated heterocycles. The summed E-state index contributed by atoms with van der Waals surface area (Å²) in [6, 6.07) is 11.0. The molecule has 0 N–H and O–H groups in total. The minimum atomic E-state index is 0.786. The molecule has 0 spiro atoms. The van der Waals surface area contributed by atoms with Gasteiger partial charge in [0.2, 0.25) is 0 Å². The van der Waals surface area contributed by atoms with E-state index in [1.165, 1.54) is 32.1 Å². The largest absolute Gasteiger partial charge is 0.103 e. The van der Waals surface area contributed by atoms with E-state index in [1.807, 2.05) is 6.08 Å². The highest BCUT2D eigenvalue weighted by molar-refractivity contribution is 5.19. The monoisotopic (exact) mass is 214 g/mol. The Balaban J connectivity index is 1.92. The molecular formula is C16H22. The van der Waals surface area contributed by atoms with Gasteiger partial charge in [-0.25, -0.2) is 0 Å². The Kier molecular flexibility index (Phi) is 4.21. The highest BCUT2D eigenvalue weighted by atomic mass is 14.3. The second-order valence-corrected chi connectivity index (χ2v) is 5.01. The Morgan fingerprint density at radius 3 is 2.62 bits per heavy atom. The quantitative estimate of drug-likeness (QED) is 0.446. The maximum Gasteiger partial charge on any atom is -0.0159 e. The summed E-state index contributed by atoms with van der Waals surface area (Å²) in [5, 5.41) is 0. The SMILES string of the molecule is C=CCCCC(CC1CC1)c1ccccc1. The molecule has 1 fully saturated rings. The van der Waals surface area contributed by atoms with Crippen LogP contribution >= 0.6 is 0 Å². The molecule has 0 radical (unpaired) electrons. The molecule has 1 unspecified atom stereocenters. The fraction of sp³-hybridized carbons (Fsp3) is 0.500. The molecule has 86 valence electrons. The molecule has 1 saturated carbocycles. The van der Waals surface area contributed by atoms with Crippen molar-refractivity contribution in [1.29, 1.82) is 0 Å². The van der Waals surface area contributed by atoms with Crippen LogP contribution in [0, 0.1) is 5.92 Å². The average Bonchev–Trinajstić information content (AvgIpc) is 3.13. The molecule has 1 aromatic carbocycles. The van der Waals surface area contributed by atoms with Gasteiger partial charge in [-0.15, -0.1) is 6.58 Å². The number of hydrogen-bond acceptors (Lipinski definition) is 0. The van der Waals surface area contributed by atoms with Crippen molar-refractivity contribution >= 4 is 0 Å². The molecule has 0 amide bonds. The first-order valence-electron chi connectivity index (χ1n) is 6.56. The van der Waals surface area contributed by atoms with Crippen LogP contribution in [0.5, 0.6) is 0 Å². The molecule has 1 aliphatic carbocycles. The van der Waals surface area contributed by atoms with Gasteiger partial charge in [-0.05, 0) is 43.1 Å². The van der Waals surface area contributed by atoms with Crippen LogP contribution in [0.3, 0.4) is 0 Å². The highest BCUT2D eigenvalue weighted by Gasteiger charge is 2.25. The van der Waals surface area contributed by atoms with Gasteiger partial charge in [-0.3, -0.25) is 0 Å². The summed E-state index contributed by atoms with van der Waals surface area (Å²) in [6.07, 6.45) is 10.1. The van der Waals surface area contributed by atoms with Crippen molar-refractivity contribution in [2.75, 3.05) is 0 Å². The summed E-state index contributed by atoms with van der Waals surface area (Å²) in [6.45, 7) is 3.80. The van der Waals surface area contributed by atoms with E-state index in [9.17, 15) is 0 Å². The van der Waals surface area contributed by atoms with Crippen LogP contribution in [0.15, 0.2) is 43.0 Å². The van der Waals surface area contributed by atoms with E-state index in [0.717, 1.165) is 18.3 Å². The van der Waals surface area contributed by atoms with Crippen LogP contribution in [0.2, 0.25) is 0 Å². The van der Waals surface area contributed by atoms with Gasteiger partial charge in [0.15, 0.2) is 0 Å². The molecule has 0 nitrogen and oxygen atoms in total. The second kappa shape index (κ2) is 5.89. The van der Waals surface area contributed by atoms with Crippen molar-refractivity contribution in [3.63, 3.8) is 0 Å². The average molecular weight is 214 g/mol. The van der Waals surface area contributed by atoms with E-state index >= 15 is 0 Å². The topological polar surface area (TPSA) is 0 Å². The third-order valence-electron chi connectivity index (χ3n) is 3.55. The van der Waals surface area contributed by atoms with Crippen molar-refractivity contribution in [2.24, 2.45) is 5.92 Å². The third-order valence-corrected chi connectivity index (χ3v) is 3.55. The van der Waals surface area contributed by atoms with E-state index in [1.54, 1.807) is 5.56 Å². The Morgan fingerprint density at radius 1 is 1.25 bits per heavy atom. The first kappa shape index (κ1) is 11.4. The summed E-state index contributed by atoms with van der Waals surface area (Å²) < 4.78 is 0. The molecule has 0 aliphatic heterocycles. The van der Waals surface area contributed by atoms with Gasteiger partial charge in [0.1, 0.15) is 0 Å². The number of benzene rings is 1. The lowest BCUT2D eigenvalue weighted by atomic mass is 9.89. The highest BCUT2D eigenvalue weighted by Crippen LogP contribution is 2.40. The van der Waals surface area contributed by atoms with Crippen LogP contribution in [0.1, 0.15) is 50.0 Å². The molecule has 2 rings (SSSR count). The first-order valence-corrected chi connectivity index (χ1v) is 6.56. The van der Waals surface area contributed by atoms with E-state index in [-0.39, 0.29) is 0 Å². The Hall–Kier alpha value is -1.04. The smallest absolute Gasteiger partial charge is 0.0159 e. The van der Waals surface area contributed by atoms with Crippen LogP contribution in [0.4, 0.5) is 0 Å². The lowest BCUT2D eigenvalue weighted by molar-refractivity contribution is 0.524. The van der Waals surface area contributed by atoms with Crippen molar-refractivity contribution in [3.05, 3.63) is 48.6 Å². The maximum atomic E-state index is 3.80. The Labute approximate surface area is 99.4 Å². The summed E-state index contributed by atoms with van der Waals surface area (Å²) in [7, 11) is 0. The fourth-order valence-electron chi connectivity index (χ4n) is 2.41. The van der Waals surface area contributed by atoms with E-state index in [4.69, 9.17) is 0 Å². The van der Waals surface area contributed by atoms with Crippen molar-refractivity contribution < 1.29 is 0 Å². The van der Waals surface area contributed by atoms with E-state index in [0.29, 0.717) is 0 Å². The molecule has 1 aliphatic rings. The van der Waals surface area contributed by atoms with Gasteiger partial charge in [0.25, 0.3) is 0 Å². The predicted octanol–water partition coefficient (Wildman–Crippen LogP) is 4.93. The van der Waals surface area contributed by atoms with Gasteiger partial charge in [-0.1, -0.05) is 49.2 Å². The molecule has 1 atom stereocenters. The molecule has 0 aromatic heterocycles. The van der Waals surface area contributed by atoms with Crippen molar-refractivity contribution in [3.8, 4) is 0 Å². The summed E-state index contributed by atoms with van der Waals surface area (Å²) in [5.41, 5.74) is 1.54. The maximum absolute atomic E-state index is 3.80. The molecule has 0 heterocycles. The van der Waals surface area contributed by atoms with Gasteiger partial charge in [0.05, 0.1) is 0 Å². The fourth-order valence-corrected chi connectivity index (χ4v) is 2.41. The van der Waals surface area contributed by atoms with Gasteiger partial charge >= 0.3 is 0 Å². The third kappa shape index (κ3) is 3.52. The van der Waals surface area contributed by atoms with Crippen LogP contribution < -0.4 is 0 Å². The van der Waals surface area contributed by atoms with Crippen LogP contribution in [-0.2, 0) is 0 Å². The lowest BCUT2D eigenvalue weighted by Gasteiger charge is -2.16. The number of rotatable bonds is 7. The first-order chi connectivity index (χ1) is 7.90. The molecule has 1 aromatic rings. The standard InChI is InChI=1S/C16H22/c1-2-3-5-10-16(13-14-11-12-14)15-8-6-4-7-9-15/h2,4,6-9,14,16H,1,3,5,10-13H2. The zero-order chi connectivity index (χ0) is 11.2. The minimum absolute atomic E-state index is 0.786. The zero-order valence-corrected chi connectivity index (χ0v) is 10.1. The van der Waals surface area contributed by atoms with E-state index in [2.05, 4.69) is 36.9 Å².